The van der Waals surface area contributed by atoms with Crippen LogP contribution in [0.3, 0.4) is 0 Å². The monoisotopic (exact) mass is 480 g/mol. The van der Waals surface area contributed by atoms with Crippen molar-refractivity contribution in [3.63, 3.8) is 0 Å². The number of halogens is 2. The van der Waals surface area contributed by atoms with E-state index in [1.165, 1.54) is 12.3 Å². The number of nitrogens with one attached hydrogen (secondary N) is 4. The molecule has 31 heavy (non-hydrogen) atoms. The third-order valence-corrected chi connectivity index (χ3v) is 6.52. The average Bonchev–Trinajstić information content (AvgIpc) is 3.34. The highest BCUT2D eigenvalue weighted by molar-refractivity contribution is 7.89. The molecule has 4 aromatic rings. The van der Waals surface area contributed by atoms with E-state index in [9.17, 15) is 18.0 Å². The van der Waals surface area contributed by atoms with Gasteiger partial charge >= 0.3 is 5.69 Å². The number of aromatic nitrogens is 2. The van der Waals surface area contributed by atoms with Crippen molar-refractivity contribution in [3.8, 4) is 0 Å². The highest BCUT2D eigenvalue weighted by Crippen LogP contribution is 2.29. The molecule has 4 N–H and O–H groups in total. The van der Waals surface area contributed by atoms with E-state index in [0.29, 0.717) is 22.5 Å². The van der Waals surface area contributed by atoms with Crippen LogP contribution in [0.5, 0.6) is 0 Å². The lowest BCUT2D eigenvalue weighted by molar-refractivity contribution is 0.102. The maximum absolute atomic E-state index is 12.8. The Morgan fingerprint density at radius 1 is 1.03 bits per heavy atom. The number of hydrogen-bond donors (Lipinski definition) is 4. The Morgan fingerprint density at radius 2 is 1.81 bits per heavy atom. The number of sulfonamides is 1. The molecule has 0 unspecified atom stereocenters. The SMILES string of the molecule is O=C(Nc1ccc2[nH]c(=O)[nH]c2c1)c1cc(S(=O)(=O)NCc2ccco2)c(Cl)cc1Cl. The van der Waals surface area contributed by atoms with Crippen LogP contribution in [0.25, 0.3) is 11.0 Å². The van der Waals surface area contributed by atoms with Crippen molar-refractivity contribution in [1.29, 1.82) is 0 Å². The normalized spacial score (nSPS) is 11.7. The second-order valence-corrected chi connectivity index (χ2v) is 9.01. The molecule has 9 nitrogen and oxygen atoms in total. The number of fused-ring (bicyclic) bond motifs is 1. The molecule has 0 atom stereocenters. The second kappa shape index (κ2) is 8.23. The molecule has 0 spiro atoms. The smallest absolute Gasteiger partial charge is 0.323 e. The first-order valence-corrected chi connectivity index (χ1v) is 11.0. The van der Waals surface area contributed by atoms with Crippen LogP contribution in [0.2, 0.25) is 10.0 Å². The van der Waals surface area contributed by atoms with E-state index in [4.69, 9.17) is 27.6 Å². The average molecular weight is 481 g/mol. The fraction of sp³-hybridized carbons (Fsp3) is 0.0526. The van der Waals surface area contributed by atoms with Gasteiger partial charge < -0.3 is 19.7 Å². The van der Waals surface area contributed by atoms with Gasteiger partial charge in [-0.1, -0.05) is 23.2 Å². The number of imidazole rings is 1. The van der Waals surface area contributed by atoms with Gasteiger partial charge in [0.2, 0.25) is 10.0 Å². The molecule has 0 fully saturated rings. The van der Waals surface area contributed by atoms with Gasteiger partial charge in [-0.05, 0) is 42.5 Å². The van der Waals surface area contributed by atoms with Crippen molar-refractivity contribution < 1.29 is 17.6 Å². The maximum atomic E-state index is 12.8. The summed E-state index contributed by atoms with van der Waals surface area (Å²) in [5, 5.41) is 2.46. The molecule has 0 bridgehead atoms. The number of rotatable bonds is 6. The van der Waals surface area contributed by atoms with E-state index < -0.39 is 15.9 Å². The highest BCUT2D eigenvalue weighted by Gasteiger charge is 2.23. The van der Waals surface area contributed by atoms with Gasteiger partial charge in [-0.25, -0.2) is 17.9 Å². The molecular weight excluding hydrogens is 467 g/mol. The predicted octanol–water partition coefficient (Wildman–Crippen LogP) is 3.49. The molecular formula is C19H14Cl2N4O5S. The number of carbonyl (C=O) groups excluding carboxylic acids is 1. The van der Waals surface area contributed by atoms with Gasteiger partial charge in [0.15, 0.2) is 0 Å². The van der Waals surface area contributed by atoms with E-state index in [2.05, 4.69) is 20.0 Å². The summed E-state index contributed by atoms with van der Waals surface area (Å²) in [6.45, 7) is -0.0926. The van der Waals surface area contributed by atoms with Gasteiger partial charge in [0.05, 0.1) is 39.5 Å². The van der Waals surface area contributed by atoms with Crippen LogP contribution in [0, 0.1) is 0 Å². The van der Waals surface area contributed by atoms with E-state index in [0.717, 1.165) is 6.07 Å². The molecule has 4 rings (SSSR count). The van der Waals surface area contributed by atoms with Crippen LogP contribution in [-0.2, 0) is 16.6 Å². The Labute approximate surface area is 185 Å². The summed E-state index contributed by atoms with van der Waals surface area (Å²) in [4.78, 5) is 29.0. The Kier molecular flexibility index (Phi) is 5.63. The van der Waals surface area contributed by atoms with E-state index in [-0.39, 0.29) is 32.7 Å². The van der Waals surface area contributed by atoms with Crippen molar-refractivity contribution >= 4 is 55.9 Å². The van der Waals surface area contributed by atoms with Crippen molar-refractivity contribution in [3.05, 3.63) is 80.6 Å². The minimum Gasteiger partial charge on any atom is -0.468 e. The van der Waals surface area contributed by atoms with Gasteiger partial charge in [0.25, 0.3) is 5.91 Å². The zero-order chi connectivity index (χ0) is 22.2. The van der Waals surface area contributed by atoms with Gasteiger partial charge in [0.1, 0.15) is 10.7 Å². The van der Waals surface area contributed by atoms with Crippen LogP contribution in [0.4, 0.5) is 5.69 Å². The zero-order valence-electron chi connectivity index (χ0n) is 15.5. The molecule has 12 heteroatoms. The molecule has 0 radical (unpaired) electrons. The lowest BCUT2D eigenvalue weighted by Gasteiger charge is -2.12. The van der Waals surface area contributed by atoms with Crippen molar-refractivity contribution in [2.45, 2.75) is 11.4 Å². The highest BCUT2D eigenvalue weighted by atomic mass is 35.5. The summed E-state index contributed by atoms with van der Waals surface area (Å²) in [5.74, 6) is -0.244. The quantitative estimate of drug-likeness (QED) is 0.334. The van der Waals surface area contributed by atoms with Gasteiger partial charge in [-0.15, -0.1) is 0 Å². The fourth-order valence-corrected chi connectivity index (χ4v) is 4.72. The van der Waals surface area contributed by atoms with Crippen molar-refractivity contribution in [2.75, 3.05) is 5.32 Å². The molecule has 0 saturated carbocycles. The Balaban J connectivity index is 1.61. The molecule has 160 valence electrons. The van der Waals surface area contributed by atoms with Gasteiger partial charge in [-0.2, -0.15) is 0 Å². The molecule has 2 aromatic carbocycles. The van der Waals surface area contributed by atoms with Gasteiger partial charge in [0, 0.05) is 5.69 Å². The molecule has 0 aliphatic heterocycles. The number of anilines is 1. The fourth-order valence-electron chi connectivity index (χ4n) is 2.87. The first-order valence-electron chi connectivity index (χ1n) is 8.77. The molecule has 0 aliphatic rings. The van der Waals surface area contributed by atoms with Crippen molar-refractivity contribution in [2.24, 2.45) is 0 Å². The zero-order valence-corrected chi connectivity index (χ0v) is 17.9. The molecule has 1 amide bonds. The Hall–Kier alpha value is -3.05. The van der Waals surface area contributed by atoms with Crippen molar-refractivity contribution in [1.82, 2.24) is 14.7 Å². The maximum Gasteiger partial charge on any atom is 0.323 e. The lowest BCUT2D eigenvalue weighted by Crippen LogP contribution is -2.24. The van der Waals surface area contributed by atoms with Crippen LogP contribution >= 0.6 is 23.2 Å². The third-order valence-electron chi connectivity index (χ3n) is 4.35. The van der Waals surface area contributed by atoms with Crippen LogP contribution < -0.4 is 15.7 Å². The second-order valence-electron chi connectivity index (χ2n) is 6.46. The number of aromatic amines is 2. The van der Waals surface area contributed by atoms with Gasteiger partial charge in [-0.3, -0.25) is 4.79 Å². The van der Waals surface area contributed by atoms with E-state index in [1.54, 1.807) is 30.3 Å². The minimum atomic E-state index is -4.06. The van der Waals surface area contributed by atoms with E-state index >= 15 is 0 Å². The predicted molar refractivity (Wildman–Crippen MR) is 116 cm³/mol. The number of benzene rings is 2. The Bertz CT molecular complexity index is 1440. The van der Waals surface area contributed by atoms with Crippen LogP contribution in [0.15, 0.2) is 62.8 Å². The minimum absolute atomic E-state index is 0.0244. The molecule has 2 heterocycles. The third kappa shape index (κ3) is 4.52. The number of hydrogen-bond acceptors (Lipinski definition) is 5. The standard InChI is InChI=1S/C19H14Cl2N4O5S/c20-13-8-14(21)17(31(28,29)22-9-11-2-1-5-30-11)7-12(13)18(26)23-10-3-4-15-16(6-10)25-19(27)24-15/h1-8,22H,9H2,(H,23,26)(H2,24,25,27). The molecule has 2 aromatic heterocycles. The topological polar surface area (TPSA) is 137 Å². The van der Waals surface area contributed by atoms with E-state index in [1.807, 2.05) is 0 Å². The number of carbonyl (C=O) groups is 1. The van der Waals surface area contributed by atoms with Crippen LogP contribution in [-0.4, -0.2) is 24.3 Å². The largest absolute Gasteiger partial charge is 0.468 e. The molecule has 0 saturated heterocycles. The summed E-state index contributed by atoms with van der Waals surface area (Å²) in [7, 11) is -4.06. The summed E-state index contributed by atoms with van der Waals surface area (Å²) >= 11 is 12.2. The molecule has 0 aliphatic carbocycles. The summed E-state index contributed by atoms with van der Waals surface area (Å²) in [6.07, 6.45) is 1.42. The first kappa shape index (κ1) is 21.2. The summed E-state index contributed by atoms with van der Waals surface area (Å²) in [5.41, 5.74) is 0.973. The first-order chi connectivity index (χ1) is 14.7. The lowest BCUT2D eigenvalue weighted by atomic mass is 10.2. The Morgan fingerprint density at radius 3 is 2.55 bits per heavy atom. The summed E-state index contributed by atoms with van der Waals surface area (Å²) < 4.78 is 32.8. The van der Waals surface area contributed by atoms with Crippen LogP contribution in [0.1, 0.15) is 16.1 Å². The number of furan rings is 1. The number of H-pyrrole nitrogens is 2. The summed E-state index contributed by atoms with van der Waals surface area (Å²) in [6, 6.07) is 10.3. The number of amides is 1.